The molecule has 1 saturated heterocycles. The summed E-state index contributed by atoms with van der Waals surface area (Å²) in [6, 6.07) is 14.2. The lowest BCUT2D eigenvalue weighted by Gasteiger charge is -2.31. The third kappa shape index (κ3) is 6.20. The minimum absolute atomic E-state index is 0.202. The molecule has 158 valence electrons. The Kier molecular flexibility index (Phi) is 7.20. The monoisotopic (exact) mass is 414 g/mol. The van der Waals surface area contributed by atoms with Crippen LogP contribution in [0.1, 0.15) is 12.8 Å². The third-order valence-corrected chi connectivity index (χ3v) is 4.69. The number of anilines is 1. The smallest absolute Gasteiger partial charge is 0.321 e. The Balaban J connectivity index is 1.35. The number of carbonyl (C=O) groups excluding carboxylic acids is 3. The number of likely N-dealkylation sites (tertiary alicyclic amines) is 1. The van der Waals surface area contributed by atoms with Gasteiger partial charge >= 0.3 is 6.03 Å². The molecule has 1 heterocycles. The van der Waals surface area contributed by atoms with E-state index in [0.717, 1.165) is 0 Å². The molecule has 4 amide bonds. The Hall–Kier alpha value is -3.62. The van der Waals surface area contributed by atoms with Crippen molar-refractivity contribution in [3.63, 3.8) is 0 Å². The Morgan fingerprint density at radius 3 is 2.30 bits per heavy atom. The van der Waals surface area contributed by atoms with Crippen molar-refractivity contribution >= 4 is 23.5 Å². The highest BCUT2D eigenvalue weighted by atomic mass is 19.1. The zero-order valence-corrected chi connectivity index (χ0v) is 16.3. The Labute approximate surface area is 173 Å². The van der Waals surface area contributed by atoms with Crippen LogP contribution in [0.15, 0.2) is 54.6 Å². The molecule has 9 heteroatoms. The van der Waals surface area contributed by atoms with Crippen LogP contribution >= 0.6 is 0 Å². The predicted molar refractivity (Wildman–Crippen MR) is 108 cm³/mol. The molecule has 0 unspecified atom stereocenters. The second-order valence-corrected chi connectivity index (χ2v) is 6.84. The number of hydrazine groups is 1. The van der Waals surface area contributed by atoms with Gasteiger partial charge in [0, 0.05) is 24.7 Å². The molecule has 1 aliphatic heterocycles. The summed E-state index contributed by atoms with van der Waals surface area (Å²) < 4.78 is 18.0. The van der Waals surface area contributed by atoms with Gasteiger partial charge in [0.25, 0.3) is 5.91 Å². The minimum Gasteiger partial charge on any atom is -0.484 e. The molecule has 3 rings (SSSR count). The quantitative estimate of drug-likeness (QED) is 0.654. The summed E-state index contributed by atoms with van der Waals surface area (Å²) in [4.78, 5) is 38.0. The lowest BCUT2D eigenvalue weighted by Crippen LogP contribution is -2.49. The molecule has 0 atom stereocenters. The van der Waals surface area contributed by atoms with Crippen LogP contribution in [-0.4, -0.2) is 42.4 Å². The Morgan fingerprint density at radius 1 is 0.967 bits per heavy atom. The van der Waals surface area contributed by atoms with Crippen LogP contribution < -0.4 is 20.9 Å². The van der Waals surface area contributed by atoms with E-state index in [1.807, 2.05) is 18.2 Å². The second kappa shape index (κ2) is 10.2. The van der Waals surface area contributed by atoms with Crippen molar-refractivity contribution in [2.75, 3.05) is 25.0 Å². The molecule has 0 radical (unpaired) electrons. The lowest BCUT2D eigenvalue weighted by molar-refractivity contribution is -0.132. The van der Waals surface area contributed by atoms with Gasteiger partial charge in [-0.25, -0.2) is 9.18 Å². The van der Waals surface area contributed by atoms with Gasteiger partial charge in [-0.05, 0) is 49.2 Å². The number of hydrogen-bond acceptors (Lipinski definition) is 4. The number of benzene rings is 2. The minimum atomic E-state index is -0.535. The fourth-order valence-corrected chi connectivity index (χ4v) is 3.02. The third-order valence-electron chi connectivity index (χ3n) is 4.69. The maximum absolute atomic E-state index is 12.8. The number of ether oxygens (including phenoxy) is 1. The number of amides is 4. The fourth-order valence-electron chi connectivity index (χ4n) is 3.02. The molecule has 30 heavy (non-hydrogen) atoms. The van der Waals surface area contributed by atoms with Crippen LogP contribution in [0.5, 0.6) is 5.75 Å². The second-order valence-electron chi connectivity index (χ2n) is 6.84. The van der Waals surface area contributed by atoms with E-state index in [9.17, 15) is 18.8 Å². The standard InChI is InChI=1S/C21H23FN4O4/c22-16-6-8-18(9-7-16)30-14-19(27)24-25-20(28)15-10-12-26(13-11-15)21(29)23-17-4-2-1-3-5-17/h1-9,15H,10-14H2,(H,23,29)(H,24,27)(H,25,28). The van der Waals surface area contributed by atoms with Gasteiger partial charge in [-0.3, -0.25) is 20.4 Å². The van der Waals surface area contributed by atoms with Crippen LogP contribution in [0.2, 0.25) is 0 Å². The number of para-hydroxylation sites is 1. The van der Waals surface area contributed by atoms with Crippen molar-refractivity contribution in [3.8, 4) is 5.75 Å². The Morgan fingerprint density at radius 2 is 1.63 bits per heavy atom. The van der Waals surface area contributed by atoms with Gasteiger partial charge in [-0.2, -0.15) is 0 Å². The molecule has 8 nitrogen and oxygen atoms in total. The van der Waals surface area contributed by atoms with Crippen LogP contribution in [0.4, 0.5) is 14.9 Å². The van der Waals surface area contributed by atoms with Crippen molar-refractivity contribution in [2.45, 2.75) is 12.8 Å². The highest BCUT2D eigenvalue weighted by Crippen LogP contribution is 2.18. The van der Waals surface area contributed by atoms with Crippen molar-refractivity contribution in [1.29, 1.82) is 0 Å². The Bertz CT molecular complexity index is 868. The van der Waals surface area contributed by atoms with Gasteiger partial charge < -0.3 is 15.0 Å². The normalized spacial score (nSPS) is 14.0. The molecular weight excluding hydrogens is 391 g/mol. The van der Waals surface area contributed by atoms with E-state index in [0.29, 0.717) is 37.4 Å². The molecule has 0 aliphatic carbocycles. The van der Waals surface area contributed by atoms with E-state index >= 15 is 0 Å². The highest BCUT2D eigenvalue weighted by molar-refractivity contribution is 5.89. The van der Waals surface area contributed by atoms with Crippen molar-refractivity contribution < 1.29 is 23.5 Å². The number of nitrogens with zero attached hydrogens (tertiary/aromatic N) is 1. The molecule has 0 saturated carbocycles. The van der Waals surface area contributed by atoms with Gasteiger partial charge in [0.1, 0.15) is 11.6 Å². The summed E-state index contributed by atoms with van der Waals surface area (Å²) >= 11 is 0. The van der Waals surface area contributed by atoms with E-state index in [-0.39, 0.29) is 24.5 Å². The molecule has 0 bridgehead atoms. The molecule has 1 fully saturated rings. The highest BCUT2D eigenvalue weighted by Gasteiger charge is 2.27. The van der Waals surface area contributed by atoms with Crippen molar-refractivity contribution in [1.82, 2.24) is 15.8 Å². The van der Waals surface area contributed by atoms with Gasteiger partial charge in [0.2, 0.25) is 5.91 Å². The van der Waals surface area contributed by atoms with E-state index in [1.54, 1.807) is 17.0 Å². The van der Waals surface area contributed by atoms with Gasteiger partial charge in [0.05, 0.1) is 0 Å². The van der Waals surface area contributed by atoms with Gasteiger partial charge in [0.15, 0.2) is 6.61 Å². The number of piperidine rings is 1. The summed E-state index contributed by atoms with van der Waals surface area (Å²) in [5.41, 5.74) is 5.40. The summed E-state index contributed by atoms with van der Waals surface area (Å²) in [7, 11) is 0. The summed E-state index contributed by atoms with van der Waals surface area (Å²) in [5, 5.41) is 2.82. The molecule has 2 aromatic rings. The first-order valence-electron chi connectivity index (χ1n) is 9.59. The van der Waals surface area contributed by atoms with E-state index in [4.69, 9.17) is 4.74 Å². The topological polar surface area (TPSA) is 99.8 Å². The summed E-state index contributed by atoms with van der Waals surface area (Å²) in [6.45, 7) is 0.570. The maximum Gasteiger partial charge on any atom is 0.321 e. The largest absolute Gasteiger partial charge is 0.484 e. The SMILES string of the molecule is O=C(COc1ccc(F)cc1)NNC(=O)C1CCN(C(=O)Nc2ccccc2)CC1. The number of hydrogen-bond donors (Lipinski definition) is 3. The first-order valence-corrected chi connectivity index (χ1v) is 9.59. The van der Waals surface area contributed by atoms with E-state index in [1.165, 1.54) is 24.3 Å². The number of carbonyl (C=O) groups is 3. The number of rotatable bonds is 5. The maximum atomic E-state index is 12.8. The van der Waals surface area contributed by atoms with Gasteiger partial charge in [-0.1, -0.05) is 18.2 Å². The zero-order chi connectivity index (χ0) is 21.3. The van der Waals surface area contributed by atoms with Crippen LogP contribution in [0.3, 0.4) is 0 Å². The fraction of sp³-hybridized carbons (Fsp3) is 0.286. The molecule has 3 N–H and O–H groups in total. The molecular formula is C21H23FN4O4. The van der Waals surface area contributed by atoms with E-state index in [2.05, 4.69) is 16.2 Å². The summed E-state index contributed by atoms with van der Waals surface area (Å²) in [6.07, 6.45) is 0.992. The summed E-state index contributed by atoms with van der Waals surface area (Å²) in [5.74, 6) is -1.20. The van der Waals surface area contributed by atoms with Crippen LogP contribution in [0.25, 0.3) is 0 Å². The number of halogens is 1. The number of nitrogens with one attached hydrogen (secondary N) is 3. The van der Waals surface area contributed by atoms with Crippen LogP contribution in [0, 0.1) is 11.7 Å². The van der Waals surface area contributed by atoms with Gasteiger partial charge in [-0.15, -0.1) is 0 Å². The first-order chi connectivity index (χ1) is 14.5. The van der Waals surface area contributed by atoms with E-state index < -0.39 is 11.7 Å². The molecule has 0 aromatic heterocycles. The average molecular weight is 414 g/mol. The van der Waals surface area contributed by atoms with Crippen molar-refractivity contribution in [2.24, 2.45) is 5.92 Å². The van der Waals surface area contributed by atoms with Crippen LogP contribution in [-0.2, 0) is 9.59 Å². The number of urea groups is 1. The lowest BCUT2D eigenvalue weighted by atomic mass is 9.96. The van der Waals surface area contributed by atoms with Crippen molar-refractivity contribution in [3.05, 3.63) is 60.4 Å². The molecule has 2 aromatic carbocycles. The molecule has 1 aliphatic rings. The average Bonchev–Trinajstić information content (AvgIpc) is 2.78. The predicted octanol–water partition coefficient (Wildman–Crippen LogP) is 2.30. The first kappa shape index (κ1) is 21.1. The zero-order valence-electron chi connectivity index (χ0n) is 16.3. The molecule has 0 spiro atoms.